The van der Waals surface area contributed by atoms with Crippen molar-refractivity contribution in [2.24, 2.45) is 0 Å². The van der Waals surface area contributed by atoms with Gasteiger partial charge in [-0.15, -0.1) is 0 Å². The summed E-state index contributed by atoms with van der Waals surface area (Å²) >= 11 is 0. The first kappa shape index (κ1) is 10.5. The normalized spacial score (nSPS) is 14.4. The van der Waals surface area contributed by atoms with Crippen molar-refractivity contribution in [1.29, 1.82) is 5.26 Å². The molecule has 0 heterocycles. The monoisotopic (exact) mass is 192 g/mol. The van der Waals surface area contributed by atoms with Gasteiger partial charge in [0, 0.05) is 5.69 Å². The molecule has 0 spiro atoms. The summed E-state index contributed by atoms with van der Waals surface area (Å²) in [5.41, 5.74) is 6.55. The molecule has 0 saturated carbocycles. The van der Waals surface area contributed by atoms with Crippen LogP contribution in [0.15, 0.2) is 24.3 Å². The predicted molar refractivity (Wildman–Crippen MR) is 52.1 cm³/mol. The summed E-state index contributed by atoms with van der Waals surface area (Å²) < 4.78 is 0. The molecule has 2 unspecified atom stereocenters. The average Bonchev–Trinajstić information content (AvgIpc) is 2.17. The number of nitrogen functional groups attached to an aromatic ring is 1. The van der Waals surface area contributed by atoms with E-state index in [2.05, 4.69) is 0 Å². The van der Waals surface area contributed by atoms with E-state index in [1.165, 1.54) is 0 Å². The minimum absolute atomic E-state index is 0.101. The van der Waals surface area contributed by atoms with Crippen molar-refractivity contribution < 1.29 is 10.2 Å². The molecule has 0 aliphatic carbocycles. The molecule has 0 saturated heterocycles. The van der Waals surface area contributed by atoms with Crippen LogP contribution in [-0.4, -0.2) is 16.3 Å². The number of nitrogens with two attached hydrogens (primary N) is 1. The quantitative estimate of drug-likeness (QED) is 0.611. The van der Waals surface area contributed by atoms with Crippen molar-refractivity contribution in [3.8, 4) is 6.07 Å². The van der Waals surface area contributed by atoms with E-state index in [0.717, 1.165) is 0 Å². The Labute approximate surface area is 82.2 Å². The van der Waals surface area contributed by atoms with Gasteiger partial charge in [0.15, 0.2) is 0 Å². The van der Waals surface area contributed by atoms with E-state index in [-0.39, 0.29) is 6.42 Å². The third-order valence-corrected chi connectivity index (χ3v) is 1.92. The fourth-order valence-corrected chi connectivity index (χ4v) is 1.17. The fraction of sp³-hybridized carbons (Fsp3) is 0.300. The molecule has 0 bridgehead atoms. The maximum absolute atomic E-state index is 9.59. The van der Waals surface area contributed by atoms with Crippen LogP contribution in [0, 0.1) is 11.3 Å². The minimum atomic E-state index is -1.07. The van der Waals surface area contributed by atoms with Crippen LogP contribution in [0.25, 0.3) is 0 Å². The molecule has 74 valence electrons. The minimum Gasteiger partial charge on any atom is -0.399 e. The summed E-state index contributed by atoms with van der Waals surface area (Å²) in [6, 6.07) is 8.40. The Hall–Kier alpha value is -1.57. The average molecular weight is 192 g/mol. The van der Waals surface area contributed by atoms with Gasteiger partial charge in [-0.3, -0.25) is 0 Å². The highest BCUT2D eigenvalue weighted by molar-refractivity contribution is 5.41. The molecule has 0 radical (unpaired) electrons. The highest BCUT2D eigenvalue weighted by Gasteiger charge is 2.17. The lowest BCUT2D eigenvalue weighted by atomic mass is 10.0. The topological polar surface area (TPSA) is 90.3 Å². The summed E-state index contributed by atoms with van der Waals surface area (Å²) in [4.78, 5) is 0. The Bertz CT molecular complexity index is 346. The molecule has 2 atom stereocenters. The lowest BCUT2D eigenvalue weighted by Crippen LogP contribution is -2.17. The van der Waals surface area contributed by atoms with Crippen LogP contribution in [0.4, 0.5) is 5.69 Å². The van der Waals surface area contributed by atoms with E-state index in [9.17, 15) is 10.2 Å². The molecule has 0 fully saturated rings. The highest BCUT2D eigenvalue weighted by atomic mass is 16.3. The van der Waals surface area contributed by atoms with Crippen LogP contribution in [0.3, 0.4) is 0 Å². The fourth-order valence-electron chi connectivity index (χ4n) is 1.17. The predicted octanol–water partition coefficient (Wildman–Crippen LogP) is 0.577. The number of benzene rings is 1. The maximum atomic E-state index is 9.59. The molecule has 1 aromatic carbocycles. The molecule has 1 aromatic rings. The third-order valence-electron chi connectivity index (χ3n) is 1.92. The summed E-state index contributed by atoms with van der Waals surface area (Å²) in [6.45, 7) is 0. The zero-order valence-electron chi connectivity index (χ0n) is 7.59. The van der Waals surface area contributed by atoms with Crippen molar-refractivity contribution in [1.82, 2.24) is 0 Å². The Morgan fingerprint density at radius 2 is 2.14 bits per heavy atom. The van der Waals surface area contributed by atoms with Crippen LogP contribution >= 0.6 is 0 Å². The van der Waals surface area contributed by atoms with Gasteiger partial charge in [-0.1, -0.05) is 12.1 Å². The van der Waals surface area contributed by atoms with Crippen LogP contribution < -0.4 is 5.73 Å². The van der Waals surface area contributed by atoms with E-state index < -0.39 is 12.2 Å². The molecule has 0 amide bonds. The smallest absolute Gasteiger partial charge is 0.106 e. The zero-order valence-corrected chi connectivity index (χ0v) is 7.59. The maximum Gasteiger partial charge on any atom is 0.106 e. The first-order valence-electron chi connectivity index (χ1n) is 4.23. The zero-order chi connectivity index (χ0) is 10.6. The second-order valence-electron chi connectivity index (χ2n) is 3.04. The van der Waals surface area contributed by atoms with Crippen LogP contribution in [0.2, 0.25) is 0 Å². The molecular formula is C10H12N2O2. The molecule has 4 heteroatoms. The standard InChI is InChI=1S/C10H12N2O2/c11-5-4-9(13)10(14)7-2-1-3-8(12)6-7/h1-3,6,9-10,13-14H,4,12H2. The Morgan fingerprint density at radius 1 is 1.43 bits per heavy atom. The van der Waals surface area contributed by atoms with Crippen LogP contribution in [0.1, 0.15) is 18.1 Å². The van der Waals surface area contributed by atoms with Crippen molar-refractivity contribution in [3.05, 3.63) is 29.8 Å². The van der Waals surface area contributed by atoms with Gasteiger partial charge in [-0.2, -0.15) is 5.26 Å². The van der Waals surface area contributed by atoms with Crippen molar-refractivity contribution in [2.45, 2.75) is 18.6 Å². The van der Waals surface area contributed by atoms with Gasteiger partial charge in [0.2, 0.25) is 0 Å². The SMILES string of the molecule is N#CCC(O)C(O)c1cccc(N)c1. The lowest BCUT2D eigenvalue weighted by molar-refractivity contribution is 0.0217. The van der Waals surface area contributed by atoms with Crippen molar-refractivity contribution >= 4 is 5.69 Å². The number of hydrogen-bond donors (Lipinski definition) is 3. The summed E-state index contributed by atoms with van der Waals surface area (Å²) in [7, 11) is 0. The largest absolute Gasteiger partial charge is 0.399 e. The first-order valence-corrected chi connectivity index (χ1v) is 4.23. The number of rotatable bonds is 3. The van der Waals surface area contributed by atoms with E-state index in [1.807, 2.05) is 0 Å². The van der Waals surface area contributed by atoms with E-state index in [0.29, 0.717) is 11.3 Å². The first-order chi connectivity index (χ1) is 6.65. The molecule has 0 aliphatic rings. The van der Waals surface area contributed by atoms with Gasteiger partial charge >= 0.3 is 0 Å². The lowest BCUT2D eigenvalue weighted by Gasteiger charge is -2.15. The molecular weight excluding hydrogens is 180 g/mol. The van der Waals surface area contributed by atoms with Crippen LogP contribution in [-0.2, 0) is 0 Å². The van der Waals surface area contributed by atoms with E-state index >= 15 is 0 Å². The molecule has 1 rings (SSSR count). The van der Waals surface area contributed by atoms with Gasteiger partial charge in [-0.05, 0) is 17.7 Å². The number of nitrogens with zero attached hydrogens (tertiary/aromatic N) is 1. The van der Waals surface area contributed by atoms with E-state index in [4.69, 9.17) is 11.0 Å². The van der Waals surface area contributed by atoms with Gasteiger partial charge < -0.3 is 15.9 Å². The van der Waals surface area contributed by atoms with Crippen LogP contribution in [0.5, 0.6) is 0 Å². The van der Waals surface area contributed by atoms with Gasteiger partial charge in [0.05, 0.1) is 18.6 Å². The summed E-state index contributed by atoms with van der Waals surface area (Å²) in [5.74, 6) is 0. The van der Waals surface area contributed by atoms with Gasteiger partial charge in [0.1, 0.15) is 6.10 Å². The second-order valence-corrected chi connectivity index (χ2v) is 3.04. The van der Waals surface area contributed by atoms with E-state index in [1.54, 1.807) is 30.3 Å². The van der Waals surface area contributed by atoms with Gasteiger partial charge in [0.25, 0.3) is 0 Å². The molecule has 14 heavy (non-hydrogen) atoms. The second kappa shape index (κ2) is 4.61. The molecule has 4 N–H and O–H groups in total. The summed E-state index contributed by atoms with van der Waals surface area (Å²) in [5, 5.41) is 27.3. The Morgan fingerprint density at radius 3 is 2.71 bits per heavy atom. The van der Waals surface area contributed by atoms with Crippen molar-refractivity contribution in [3.63, 3.8) is 0 Å². The third kappa shape index (κ3) is 2.46. The number of hydrogen-bond acceptors (Lipinski definition) is 4. The van der Waals surface area contributed by atoms with Gasteiger partial charge in [-0.25, -0.2) is 0 Å². The number of aliphatic hydroxyl groups is 2. The van der Waals surface area contributed by atoms with Crippen molar-refractivity contribution in [2.75, 3.05) is 5.73 Å². The summed E-state index contributed by atoms with van der Waals surface area (Å²) in [6.07, 6.45) is -2.23. The molecule has 0 aromatic heterocycles. The Kier molecular flexibility index (Phi) is 3.46. The Balaban J connectivity index is 2.79. The molecule has 4 nitrogen and oxygen atoms in total. The number of aliphatic hydroxyl groups excluding tert-OH is 2. The number of nitriles is 1. The number of anilines is 1. The molecule has 0 aliphatic heterocycles. The highest BCUT2D eigenvalue weighted by Crippen LogP contribution is 2.20.